The predicted octanol–water partition coefficient (Wildman–Crippen LogP) is 4.52. The summed E-state index contributed by atoms with van der Waals surface area (Å²) in [5.74, 6) is -0.00696. The number of carbonyl (C=O) groups excluding carboxylic acids is 1. The van der Waals surface area contributed by atoms with Gasteiger partial charge in [-0.3, -0.25) is 9.89 Å². The second-order valence-electron chi connectivity index (χ2n) is 8.38. The normalized spacial score (nSPS) is 20.6. The summed E-state index contributed by atoms with van der Waals surface area (Å²) in [5, 5.41) is 13.6. The van der Waals surface area contributed by atoms with E-state index in [0.717, 1.165) is 5.56 Å². The third kappa shape index (κ3) is 3.07. The molecular weight excluding hydrogens is 449 g/mol. The van der Waals surface area contributed by atoms with E-state index in [1.807, 2.05) is 18.2 Å². The number of halogens is 3. The van der Waals surface area contributed by atoms with Crippen molar-refractivity contribution in [1.82, 2.24) is 20.2 Å². The van der Waals surface area contributed by atoms with Crippen LogP contribution in [0, 0.1) is 12.7 Å². The molecule has 0 bridgehead atoms. The van der Waals surface area contributed by atoms with Crippen LogP contribution in [0.15, 0.2) is 42.6 Å². The molecule has 2 aromatic heterocycles. The first-order valence-electron chi connectivity index (χ1n) is 10.5. The van der Waals surface area contributed by atoms with Crippen molar-refractivity contribution in [2.24, 2.45) is 0 Å². The number of carbonyl (C=O) groups is 1. The van der Waals surface area contributed by atoms with E-state index in [0.29, 0.717) is 40.2 Å². The maximum atomic E-state index is 13.9. The molecule has 172 valence electrons. The zero-order chi connectivity index (χ0) is 23.6. The van der Waals surface area contributed by atoms with Crippen LogP contribution in [0.25, 0.3) is 10.9 Å². The van der Waals surface area contributed by atoms with Gasteiger partial charge in [-0.1, -0.05) is 6.07 Å². The standard InChI is InChI=1S/C23H17F3N6O2/c1-10-27-9-18(34-22(25)26)20(28-10)30-19-13-4-2-11(6-17(13)31-32-19)15-8-23(15)14-7-12(24)3-5-16(14)29-21(23)33/h2-7,9,15,22H,8H2,1H3,(H,29,33)(H2,27,28,30,31,32)/t15-,23-/m0/s1. The van der Waals surface area contributed by atoms with Crippen molar-refractivity contribution >= 4 is 34.1 Å². The molecule has 2 aromatic carbocycles. The quantitative estimate of drug-likeness (QED) is 0.399. The molecule has 1 aliphatic heterocycles. The molecule has 0 unspecified atom stereocenters. The SMILES string of the molecule is Cc1ncc(OC(F)F)c(Nc2n[nH]c3cc([C@@H]4C[C@@]45C(=O)Nc4ccc(F)cc45)ccc23)n1. The molecule has 34 heavy (non-hydrogen) atoms. The number of aromatic amines is 1. The molecule has 3 heterocycles. The lowest BCUT2D eigenvalue weighted by molar-refractivity contribution is -0.118. The van der Waals surface area contributed by atoms with Crippen molar-refractivity contribution in [2.75, 3.05) is 10.6 Å². The lowest BCUT2D eigenvalue weighted by atomic mass is 9.92. The lowest BCUT2D eigenvalue weighted by Gasteiger charge is -2.11. The van der Waals surface area contributed by atoms with Crippen LogP contribution >= 0.6 is 0 Å². The van der Waals surface area contributed by atoms with Crippen LogP contribution in [0.2, 0.25) is 0 Å². The number of anilines is 3. The van der Waals surface area contributed by atoms with Crippen molar-refractivity contribution in [3.05, 3.63) is 65.4 Å². The van der Waals surface area contributed by atoms with Gasteiger partial charge in [0, 0.05) is 17.0 Å². The smallest absolute Gasteiger partial charge is 0.387 e. The number of H-pyrrole nitrogens is 1. The fourth-order valence-corrected chi connectivity index (χ4v) is 4.76. The molecule has 0 radical (unpaired) electrons. The highest BCUT2D eigenvalue weighted by molar-refractivity contribution is 6.10. The summed E-state index contributed by atoms with van der Waals surface area (Å²) in [6, 6.07) is 9.94. The Morgan fingerprint density at radius 3 is 2.88 bits per heavy atom. The molecule has 6 rings (SSSR count). The van der Waals surface area contributed by atoms with Gasteiger partial charge in [-0.2, -0.15) is 13.9 Å². The Hall–Kier alpha value is -4.15. The van der Waals surface area contributed by atoms with Gasteiger partial charge in [0.2, 0.25) is 5.91 Å². The first kappa shape index (κ1) is 20.5. The molecule has 8 nitrogen and oxygen atoms in total. The van der Waals surface area contributed by atoms with Gasteiger partial charge in [-0.15, -0.1) is 0 Å². The fourth-order valence-electron chi connectivity index (χ4n) is 4.76. The number of aromatic nitrogens is 4. The first-order chi connectivity index (χ1) is 16.3. The van der Waals surface area contributed by atoms with E-state index in [9.17, 15) is 18.0 Å². The zero-order valence-electron chi connectivity index (χ0n) is 17.7. The third-order valence-electron chi connectivity index (χ3n) is 6.39. The van der Waals surface area contributed by atoms with Gasteiger partial charge in [0.1, 0.15) is 11.6 Å². The van der Waals surface area contributed by atoms with Gasteiger partial charge in [-0.25, -0.2) is 14.4 Å². The predicted molar refractivity (Wildman–Crippen MR) is 117 cm³/mol. The largest absolute Gasteiger partial charge is 0.429 e. The van der Waals surface area contributed by atoms with Gasteiger partial charge in [0.15, 0.2) is 17.4 Å². The minimum Gasteiger partial charge on any atom is -0.429 e. The first-order valence-corrected chi connectivity index (χ1v) is 10.5. The van der Waals surface area contributed by atoms with E-state index in [1.54, 1.807) is 13.0 Å². The highest BCUT2D eigenvalue weighted by Gasteiger charge is 2.65. The number of rotatable bonds is 5. The summed E-state index contributed by atoms with van der Waals surface area (Å²) >= 11 is 0. The van der Waals surface area contributed by atoms with Gasteiger partial charge in [0.25, 0.3) is 0 Å². The zero-order valence-corrected chi connectivity index (χ0v) is 17.7. The van der Waals surface area contributed by atoms with Crippen molar-refractivity contribution in [3.8, 4) is 5.75 Å². The highest BCUT2D eigenvalue weighted by Crippen LogP contribution is 2.65. The molecule has 2 aliphatic rings. The van der Waals surface area contributed by atoms with Crippen LogP contribution in [0.5, 0.6) is 5.75 Å². The second kappa shape index (κ2) is 7.17. The van der Waals surface area contributed by atoms with Crippen molar-refractivity contribution < 1.29 is 22.7 Å². The van der Waals surface area contributed by atoms with E-state index in [2.05, 4.69) is 35.5 Å². The number of ether oxygens (including phenoxy) is 1. The minimum atomic E-state index is -3.03. The molecule has 3 N–H and O–H groups in total. The number of alkyl halides is 2. The minimum absolute atomic E-state index is 0.0627. The van der Waals surface area contributed by atoms with Crippen LogP contribution in [0.1, 0.15) is 29.3 Å². The Morgan fingerprint density at radius 2 is 2.06 bits per heavy atom. The van der Waals surface area contributed by atoms with E-state index in [1.165, 1.54) is 18.3 Å². The molecule has 11 heteroatoms. The van der Waals surface area contributed by atoms with Crippen LogP contribution < -0.4 is 15.4 Å². The van der Waals surface area contributed by atoms with Gasteiger partial charge in [0.05, 0.1) is 17.1 Å². The van der Waals surface area contributed by atoms with Crippen molar-refractivity contribution in [3.63, 3.8) is 0 Å². The summed E-state index contributed by atoms with van der Waals surface area (Å²) in [5.41, 5.74) is 2.15. The number of hydrogen-bond acceptors (Lipinski definition) is 6. The Balaban J connectivity index is 1.31. The number of fused-ring (bicyclic) bond motifs is 3. The van der Waals surface area contributed by atoms with Crippen LogP contribution in [-0.2, 0) is 10.2 Å². The molecule has 1 amide bonds. The molecule has 1 aliphatic carbocycles. The van der Waals surface area contributed by atoms with E-state index < -0.39 is 12.0 Å². The molecule has 1 saturated carbocycles. The average Bonchev–Trinajstić information content (AvgIpc) is 3.35. The number of benzene rings is 2. The van der Waals surface area contributed by atoms with E-state index >= 15 is 0 Å². The van der Waals surface area contributed by atoms with Gasteiger partial charge < -0.3 is 15.4 Å². The van der Waals surface area contributed by atoms with E-state index in [4.69, 9.17) is 0 Å². The molecule has 2 atom stereocenters. The topological polar surface area (TPSA) is 105 Å². The van der Waals surface area contributed by atoms with Gasteiger partial charge in [-0.05, 0) is 54.8 Å². The van der Waals surface area contributed by atoms with E-state index in [-0.39, 0.29) is 29.2 Å². The summed E-state index contributed by atoms with van der Waals surface area (Å²) in [7, 11) is 0. The summed E-state index contributed by atoms with van der Waals surface area (Å²) in [6.07, 6.45) is 1.75. The third-order valence-corrected chi connectivity index (χ3v) is 6.39. The van der Waals surface area contributed by atoms with Crippen LogP contribution in [-0.4, -0.2) is 32.7 Å². The molecule has 1 fully saturated rings. The molecule has 4 aromatic rings. The maximum Gasteiger partial charge on any atom is 0.387 e. The molecular formula is C23H17F3N6O2. The Bertz CT molecular complexity index is 1470. The Morgan fingerprint density at radius 1 is 1.21 bits per heavy atom. The molecule has 0 saturated heterocycles. The number of aryl methyl sites for hydroxylation is 1. The Labute approximate surface area is 190 Å². The van der Waals surface area contributed by atoms with Crippen LogP contribution in [0.3, 0.4) is 0 Å². The summed E-state index contributed by atoms with van der Waals surface area (Å²) in [4.78, 5) is 20.8. The fraction of sp³-hybridized carbons (Fsp3) is 0.217. The number of hydrogen-bond donors (Lipinski definition) is 3. The monoisotopic (exact) mass is 466 g/mol. The number of amides is 1. The maximum absolute atomic E-state index is 13.9. The number of nitrogens with zero attached hydrogens (tertiary/aromatic N) is 3. The lowest BCUT2D eigenvalue weighted by Crippen LogP contribution is -2.21. The van der Waals surface area contributed by atoms with Gasteiger partial charge >= 0.3 is 6.61 Å². The highest BCUT2D eigenvalue weighted by atomic mass is 19.3. The summed E-state index contributed by atoms with van der Waals surface area (Å²) < 4.78 is 43.9. The number of nitrogens with one attached hydrogen (secondary N) is 3. The van der Waals surface area contributed by atoms with Crippen molar-refractivity contribution in [2.45, 2.75) is 31.3 Å². The second-order valence-corrected chi connectivity index (χ2v) is 8.38. The average molecular weight is 466 g/mol. The van der Waals surface area contributed by atoms with Crippen molar-refractivity contribution in [1.29, 1.82) is 0 Å². The van der Waals surface area contributed by atoms with Crippen LogP contribution in [0.4, 0.5) is 30.5 Å². The Kier molecular flexibility index (Phi) is 4.32. The molecule has 1 spiro atoms. The summed E-state index contributed by atoms with van der Waals surface area (Å²) in [6.45, 7) is -1.40.